The lowest BCUT2D eigenvalue weighted by Crippen LogP contribution is -2.49. The molecule has 0 spiro atoms. The summed E-state index contributed by atoms with van der Waals surface area (Å²) in [6, 6.07) is 12.9. The smallest absolute Gasteiger partial charge is 0.338 e. The number of anilines is 1. The van der Waals surface area contributed by atoms with Crippen LogP contribution < -0.4 is 4.90 Å². The molecule has 31 heavy (non-hydrogen) atoms. The Morgan fingerprint density at radius 3 is 2.16 bits per heavy atom. The minimum Gasteiger partial charge on any atom is -0.452 e. The van der Waals surface area contributed by atoms with Gasteiger partial charge in [-0.05, 0) is 63.4 Å². The summed E-state index contributed by atoms with van der Waals surface area (Å²) in [5, 5.41) is 0. The number of likely N-dealkylation sites (tertiary alicyclic amines) is 1. The third-order valence-electron chi connectivity index (χ3n) is 5.94. The van der Waals surface area contributed by atoms with Crippen molar-refractivity contribution < 1.29 is 23.9 Å². The number of benzene rings is 2. The number of piperidine rings is 1. The summed E-state index contributed by atoms with van der Waals surface area (Å²) in [7, 11) is 0. The summed E-state index contributed by atoms with van der Waals surface area (Å²) in [5.74, 6) is -1.77. The molecule has 2 aliphatic rings. The van der Waals surface area contributed by atoms with Gasteiger partial charge < -0.3 is 9.64 Å². The largest absolute Gasteiger partial charge is 0.452 e. The summed E-state index contributed by atoms with van der Waals surface area (Å²) in [5.41, 5.74) is 1.11. The first-order chi connectivity index (χ1) is 14.9. The molecule has 4 rings (SSSR count). The van der Waals surface area contributed by atoms with Gasteiger partial charge in [0, 0.05) is 12.1 Å². The van der Waals surface area contributed by atoms with E-state index in [1.165, 1.54) is 12.1 Å². The van der Waals surface area contributed by atoms with Gasteiger partial charge in [0.25, 0.3) is 17.7 Å². The van der Waals surface area contributed by atoms with Gasteiger partial charge in [0.1, 0.15) is 0 Å². The quantitative estimate of drug-likeness (QED) is 0.559. The van der Waals surface area contributed by atoms with Crippen molar-refractivity contribution >= 4 is 29.4 Å². The van der Waals surface area contributed by atoms with Gasteiger partial charge in [0.15, 0.2) is 6.61 Å². The van der Waals surface area contributed by atoms with Crippen molar-refractivity contribution in [3.05, 3.63) is 65.2 Å². The topological polar surface area (TPSA) is 84.0 Å². The molecule has 2 aromatic carbocycles. The summed E-state index contributed by atoms with van der Waals surface area (Å²) in [6.45, 7) is 3.66. The molecule has 7 heteroatoms. The average Bonchev–Trinajstić information content (AvgIpc) is 3.02. The van der Waals surface area contributed by atoms with E-state index < -0.39 is 17.8 Å². The molecule has 3 amide bonds. The molecular weight excluding hydrogens is 396 g/mol. The van der Waals surface area contributed by atoms with Gasteiger partial charge in [0.05, 0.1) is 22.4 Å². The predicted molar refractivity (Wildman–Crippen MR) is 114 cm³/mol. The van der Waals surface area contributed by atoms with Gasteiger partial charge in [-0.25, -0.2) is 9.69 Å². The molecule has 0 aliphatic carbocycles. The summed E-state index contributed by atoms with van der Waals surface area (Å²) in [6.07, 6.45) is 2.95. The number of nitrogens with zero attached hydrogens (tertiary/aromatic N) is 2. The van der Waals surface area contributed by atoms with Crippen molar-refractivity contribution in [1.82, 2.24) is 4.90 Å². The molecule has 0 bridgehead atoms. The van der Waals surface area contributed by atoms with Crippen LogP contribution in [-0.4, -0.2) is 47.3 Å². The molecule has 0 aromatic heterocycles. The van der Waals surface area contributed by atoms with Crippen molar-refractivity contribution in [2.24, 2.45) is 0 Å². The second-order valence-corrected chi connectivity index (χ2v) is 8.05. The fourth-order valence-corrected chi connectivity index (χ4v) is 4.39. The minimum absolute atomic E-state index is 0.118. The molecular formula is C24H24N2O5. The molecule has 160 valence electrons. The SMILES string of the molecule is CC1CCCC(C)N1C(=O)COC(=O)c1cccc(N2C(=O)c3ccccc3C2=O)c1. The molecule has 2 atom stereocenters. The zero-order valence-electron chi connectivity index (χ0n) is 17.5. The van der Waals surface area contributed by atoms with E-state index in [9.17, 15) is 19.2 Å². The third-order valence-corrected chi connectivity index (χ3v) is 5.94. The van der Waals surface area contributed by atoms with Crippen LogP contribution in [-0.2, 0) is 9.53 Å². The molecule has 0 saturated carbocycles. The number of imide groups is 1. The van der Waals surface area contributed by atoms with Crippen molar-refractivity contribution in [3.63, 3.8) is 0 Å². The fourth-order valence-electron chi connectivity index (χ4n) is 4.39. The van der Waals surface area contributed by atoms with E-state index in [4.69, 9.17) is 4.74 Å². The fraction of sp³-hybridized carbons (Fsp3) is 0.333. The standard InChI is InChI=1S/C24H24N2O5/c1-15-7-5-8-16(2)25(15)21(27)14-31-24(30)17-9-6-10-18(13-17)26-22(28)19-11-3-4-12-20(19)23(26)29/h3-4,6,9-13,15-16H,5,7-8,14H2,1-2H3. The lowest BCUT2D eigenvalue weighted by atomic mass is 9.97. The minimum atomic E-state index is -0.677. The van der Waals surface area contributed by atoms with Crippen LogP contribution >= 0.6 is 0 Å². The number of hydrogen-bond donors (Lipinski definition) is 0. The van der Waals surface area contributed by atoms with E-state index in [1.807, 2.05) is 13.8 Å². The lowest BCUT2D eigenvalue weighted by Gasteiger charge is -2.38. The van der Waals surface area contributed by atoms with Crippen LogP contribution in [0.15, 0.2) is 48.5 Å². The molecule has 7 nitrogen and oxygen atoms in total. The van der Waals surface area contributed by atoms with Crippen molar-refractivity contribution in [1.29, 1.82) is 0 Å². The predicted octanol–water partition coefficient (Wildman–Crippen LogP) is 3.43. The third kappa shape index (κ3) is 3.83. The Labute approximate surface area is 180 Å². The molecule has 0 radical (unpaired) electrons. The Kier molecular flexibility index (Phi) is 5.59. The van der Waals surface area contributed by atoms with Crippen LogP contribution in [0.3, 0.4) is 0 Å². The maximum Gasteiger partial charge on any atom is 0.338 e. The highest BCUT2D eigenvalue weighted by Gasteiger charge is 2.36. The van der Waals surface area contributed by atoms with Gasteiger partial charge in [-0.15, -0.1) is 0 Å². The molecule has 1 saturated heterocycles. The van der Waals surface area contributed by atoms with Crippen molar-refractivity contribution in [2.75, 3.05) is 11.5 Å². The first kappa shape index (κ1) is 20.8. The average molecular weight is 420 g/mol. The maximum atomic E-state index is 12.7. The first-order valence-electron chi connectivity index (χ1n) is 10.4. The van der Waals surface area contributed by atoms with E-state index in [0.717, 1.165) is 24.2 Å². The lowest BCUT2D eigenvalue weighted by molar-refractivity contribution is -0.140. The zero-order chi connectivity index (χ0) is 22.1. The van der Waals surface area contributed by atoms with Crippen LogP contribution in [0, 0.1) is 0 Å². The number of rotatable bonds is 4. The second kappa shape index (κ2) is 8.34. The highest BCUT2D eigenvalue weighted by molar-refractivity contribution is 6.34. The van der Waals surface area contributed by atoms with Gasteiger partial charge >= 0.3 is 5.97 Å². The second-order valence-electron chi connectivity index (χ2n) is 8.05. The van der Waals surface area contributed by atoms with E-state index >= 15 is 0 Å². The Morgan fingerprint density at radius 2 is 1.55 bits per heavy atom. The number of carbonyl (C=O) groups is 4. The van der Waals surface area contributed by atoms with E-state index in [0.29, 0.717) is 11.1 Å². The highest BCUT2D eigenvalue weighted by atomic mass is 16.5. The van der Waals surface area contributed by atoms with E-state index in [-0.39, 0.29) is 35.8 Å². The van der Waals surface area contributed by atoms with Crippen molar-refractivity contribution in [2.45, 2.75) is 45.2 Å². The van der Waals surface area contributed by atoms with Crippen LogP contribution in [0.25, 0.3) is 0 Å². The van der Waals surface area contributed by atoms with Crippen molar-refractivity contribution in [3.8, 4) is 0 Å². The maximum absolute atomic E-state index is 12.7. The zero-order valence-corrected chi connectivity index (χ0v) is 17.5. The first-order valence-corrected chi connectivity index (χ1v) is 10.4. The monoisotopic (exact) mass is 420 g/mol. The van der Waals surface area contributed by atoms with E-state index in [2.05, 4.69) is 0 Å². The molecule has 2 unspecified atom stereocenters. The highest BCUT2D eigenvalue weighted by Crippen LogP contribution is 2.29. The number of hydrogen-bond acceptors (Lipinski definition) is 5. The number of amides is 3. The summed E-state index contributed by atoms with van der Waals surface area (Å²) < 4.78 is 5.25. The van der Waals surface area contributed by atoms with Crippen LogP contribution in [0.2, 0.25) is 0 Å². The Morgan fingerprint density at radius 1 is 0.935 bits per heavy atom. The molecule has 2 heterocycles. The van der Waals surface area contributed by atoms with Gasteiger partial charge in [-0.1, -0.05) is 18.2 Å². The number of fused-ring (bicyclic) bond motifs is 1. The summed E-state index contributed by atoms with van der Waals surface area (Å²) >= 11 is 0. The van der Waals surface area contributed by atoms with E-state index in [1.54, 1.807) is 41.3 Å². The number of carbonyl (C=O) groups excluding carboxylic acids is 4. The van der Waals surface area contributed by atoms with Crippen LogP contribution in [0.4, 0.5) is 5.69 Å². The Bertz CT molecular complexity index is 1020. The van der Waals surface area contributed by atoms with Gasteiger partial charge in [-0.2, -0.15) is 0 Å². The molecule has 2 aromatic rings. The summed E-state index contributed by atoms with van der Waals surface area (Å²) in [4.78, 5) is 53.3. The Balaban J connectivity index is 1.46. The van der Waals surface area contributed by atoms with Crippen LogP contribution in [0.1, 0.15) is 64.2 Å². The normalized spacial score (nSPS) is 20.6. The molecule has 0 N–H and O–H groups in total. The van der Waals surface area contributed by atoms with Gasteiger partial charge in [-0.3, -0.25) is 14.4 Å². The number of esters is 1. The molecule has 1 fully saturated rings. The molecule has 2 aliphatic heterocycles. The van der Waals surface area contributed by atoms with Crippen LogP contribution in [0.5, 0.6) is 0 Å². The number of ether oxygens (including phenoxy) is 1. The Hall–Kier alpha value is -3.48. The van der Waals surface area contributed by atoms with Gasteiger partial charge in [0.2, 0.25) is 0 Å².